The molecule has 1 nitrogen and oxygen atoms in total. The molecule has 0 aliphatic carbocycles. The molecule has 0 radical (unpaired) electrons. The molecule has 0 aliphatic rings. The third kappa shape index (κ3) is 3.65. The number of hydrogen-bond acceptors (Lipinski definition) is 1. The van der Waals surface area contributed by atoms with E-state index in [4.69, 9.17) is 11.2 Å². The Labute approximate surface area is 147 Å². The van der Waals surface area contributed by atoms with Crippen LogP contribution in [-0.4, -0.2) is 0 Å². The average Bonchev–Trinajstić information content (AvgIpc) is 2.65. The van der Waals surface area contributed by atoms with Gasteiger partial charge in [-0.1, -0.05) is 0 Å². The zero-order valence-corrected chi connectivity index (χ0v) is 15.3. The second kappa shape index (κ2) is 8.56. The molecule has 3 aromatic rings. The van der Waals surface area contributed by atoms with E-state index in [1.54, 1.807) is 0 Å². The van der Waals surface area contributed by atoms with Crippen LogP contribution in [0.4, 0.5) is 0 Å². The van der Waals surface area contributed by atoms with Gasteiger partial charge in [0, 0.05) is 0 Å². The standard InChI is InChI=1S/C18H16ClP.H2N.Rh/c19-20(16-10-4-1-5-11-16,17-12-6-2-7-13-17)18-14-8-3-9-15-18;;/h1-15,20H;1H2;/q;-1;+1. The summed E-state index contributed by atoms with van der Waals surface area (Å²) in [5.74, 6) is 0. The van der Waals surface area contributed by atoms with Crippen LogP contribution in [0.5, 0.6) is 0 Å². The second-order valence-corrected chi connectivity index (χ2v) is 9.51. The zero-order chi connectivity index (χ0) is 15.8. The van der Waals surface area contributed by atoms with Crippen LogP contribution in [0.3, 0.4) is 0 Å². The fourth-order valence-electron chi connectivity index (χ4n) is 2.50. The van der Waals surface area contributed by atoms with Crippen molar-refractivity contribution >= 4 is 33.8 Å². The van der Waals surface area contributed by atoms with E-state index in [2.05, 4.69) is 95.8 Å². The minimum absolute atomic E-state index is 1.22. The topological polar surface area (TPSA) is 26.0 Å². The molecule has 3 rings (SSSR count). The minimum atomic E-state index is -2.41. The number of halogens is 1. The van der Waals surface area contributed by atoms with Gasteiger partial charge in [-0.2, -0.15) is 0 Å². The summed E-state index contributed by atoms with van der Waals surface area (Å²) in [4.78, 5) is 0. The average molecular weight is 418 g/mol. The van der Waals surface area contributed by atoms with Crippen LogP contribution in [0.15, 0.2) is 91.0 Å². The molecule has 4 heteroatoms. The van der Waals surface area contributed by atoms with E-state index in [0.29, 0.717) is 0 Å². The van der Waals surface area contributed by atoms with Gasteiger partial charge in [-0.05, 0) is 0 Å². The number of rotatable bonds is 3. The summed E-state index contributed by atoms with van der Waals surface area (Å²) in [7, 11) is 0. The Hall–Kier alpha value is -1.04. The van der Waals surface area contributed by atoms with E-state index >= 15 is 0 Å². The zero-order valence-electron chi connectivity index (χ0n) is 11.9. The van der Waals surface area contributed by atoms with Crippen LogP contribution in [0.25, 0.3) is 0 Å². The first kappa shape index (κ1) is 17.3. The van der Waals surface area contributed by atoms with E-state index in [9.17, 15) is 0 Å². The number of nitrogens with two attached hydrogens (primary N) is 1. The van der Waals surface area contributed by atoms with Gasteiger partial charge in [0.1, 0.15) is 0 Å². The molecule has 0 fully saturated rings. The van der Waals surface area contributed by atoms with Crippen molar-refractivity contribution in [3.05, 3.63) is 91.0 Å². The van der Waals surface area contributed by atoms with E-state index in [-0.39, 0.29) is 0 Å². The van der Waals surface area contributed by atoms with Crippen molar-refractivity contribution in [3.8, 4) is 0 Å². The molecule has 22 heavy (non-hydrogen) atoms. The Morgan fingerprint density at radius 3 is 1.00 bits per heavy atom. The summed E-state index contributed by atoms with van der Waals surface area (Å²) >= 11 is 9.30. The molecule has 0 atom stereocenters. The van der Waals surface area contributed by atoms with Gasteiger partial charge in [0.05, 0.1) is 0 Å². The molecule has 116 valence electrons. The van der Waals surface area contributed by atoms with Gasteiger partial charge in [0.25, 0.3) is 0 Å². The molecule has 0 saturated carbocycles. The number of benzene rings is 3. The molecule has 0 bridgehead atoms. The van der Waals surface area contributed by atoms with Gasteiger partial charge in [-0.3, -0.25) is 0 Å². The summed E-state index contributed by atoms with van der Waals surface area (Å²) in [6.07, 6.45) is 0. The van der Waals surface area contributed by atoms with Crippen molar-refractivity contribution in [1.29, 1.82) is 0 Å². The molecule has 0 heterocycles. The van der Waals surface area contributed by atoms with Crippen molar-refractivity contribution < 1.29 is 18.5 Å². The Kier molecular flexibility index (Phi) is 6.74. The predicted octanol–water partition coefficient (Wildman–Crippen LogP) is 3.27. The summed E-state index contributed by atoms with van der Waals surface area (Å²) in [6, 6.07) is 31.3. The molecule has 3 aromatic carbocycles. The molecule has 0 unspecified atom stereocenters. The first-order chi connectivity index (χ1) is 10.8. The quantitative estimate of drug-likeness (QED) is 0.514. The maximum absolute atomic E-state index is 7.25. The van der Waals surface area contributed by atoms with Gasteiger partial charge in [0.15, 0.2) is 0 Å². The van der Waals surface area contributed by atoms with Crippen LogP contribution in [0.2, 0.25) is 0 Å². The van der Waals surface area contributed by atoms with Crippen molar-refractivity contribution in [2.24, 2.45) is 4.48 Å². The third-order valence-corrected chi connectivity index (χ3v) is 8.87. The van der Waals surface area contributed by atoms with Crippen molar-refractivity contribution in [2.45, 2.75) is 0 Å². The molecule has 0 saturated heterocycles. The van der Waals surface area contributed by atoms with Crippen LogP contribution >= 0.6 is 17.9 Å². The van der Waals surface area contributed by atoms with Crippen molar-refractivity contribution in [2.75, 3.05) is 0 Å². The summed E-state index contributed by atoms with van der Waals surface area (Å²) in [5.41, 5.74) is 0. The van der Waals surface area contributed by atoms with Crippen molar-refractivity contribution in [1.82, 2.24) is 0 Å². The molecular formula is C18H18ClNPRh. The SMILES string of the molecule is Cl[PH](c1ccccc1)(c1ccccc1)c1ccccc1.[NH2][Rh]. The third-order valence-electron chi connectivity index (χ3n) is 3.51. The van der Waals surface area contributed by atoms with Gasteiger partial charge in [-0.15, -0.1) is 0 Å². The monoisotopic (exact) mass is 417 g/mol. The fraction of sp³-hybridized carbons (Fsp3) is 0. The van der Waals surface area contributed by atoms with E-state index in [0.717, 1.165) is 0 Å². The van der Waals surface area contributed by atoms with Crippen LogP contribution in [0, 0.1) is 0 Å². The maximum atomic E-state index is 7.25. The molecule has 0 aromatic heterocycles. The van der Waals surface area contributed by atoms with Gasteiger partial charge in [0.2, 0.25) is 0 Å². The van der Waals surface area contributed by atoms with Crippen LogP contribution < -0.4 is 20.4 Å². The van der Waals surface area contributed by atoms with E-state index in [1.807, 2.05) is 18.2 Å². The normalized spacial score (nSPS) is 11.3. The van der Waals surface area contributed by atoms with Gasteiger partial charge < -0.3 is 0 Å². The Morgan fingerprint density at radius 2 is 0.773 bits per heavy atom. The van der Waals surface area contributed by atoms with Crippen LogP contribution in [0.1, 0.15) is 0 Å². The summed E-state index contributed by atoms with van der Waals surface area (Å²) in [6.45, 7) is -2.41. The fourth-order valence-corrected chi connectivity index (χ4v) is 6.59. The Morgan fingerprint density at radius 1 is 0.545 bits per heavy atom. The summed E-state index contributed by atoms with van der Waals surface area (Å²) < 4.78 is 4.39. The Balaban J connectivity index is 0.000000847. The number of hydrogen-bond donors (Lipinski definition) is 1. The van der Waals surface area contributed by atoms with Gasteiger partial charge >= 0.3 is 148 Å². The van der Waals surface area contributed by atoms with Crippen LogP contribution in [-0.2, 0) is 18.5 Å². The predicted molar refractivity (Wildman–Crippen MR) is 96.6 cm³/mol. The first-order valence-electron chi connectivity index (χ1n) is 6.86. The van der Waals surface area contributed by atoms with E-state index in [1.165, 1.54) is 15.9 Å². The second-order valence-electron chi connectivity index (χ2n) is 4.76. The molecular weight excluding hydrogens is 400 g/mol. The molecule has 0 spiro atoms. The van der Waals surface area contributed by atoms with Gasteiger partial charge in [-0.25, -0.2) is 0 Å². The molecule has 0 amide bonds. The molecule has 2 N–H and O–H groups in total. The van der Waals surface area contributed by atoms with E-state index < -0.39 is 6.62 Å². The van der Waals surface area contributed by atoms with Crippen molar-refractivity contribution in [3.63, 3.8) is 0 Å². The Bertz CT molecular complexity index is 581. The molecule has 0 aliphatic heterocycles. The first-order valence-corrected chi connectivity index (χ1v) is 10.8. The summed E-state index contributed by atoms with van der Waals surface area (Å²) in [5, 5.41) is 3.66.